The molecule has 0 bridgehead atoms. The molecule has 2 rings (SSSR count). The van der Waals surface area contributed by atoms with Gasteiger partial charge in [0.15, 0.2) is 0 Å². The average molecular weight is 306 g/mol. The standard InChI is InChI=1S/C16H16ClNOS/c1-11(2)20-15-8-6-12(7-9-15)16(19)18-14-5-3-4-13(17)10-14/h3-11H,1-2H3,(H,18,19). The number of carbonyl (C=O) groups is 1. The van der Waals surface area contributed by atoms with E-state index in [1.165, 1.54) is 4.90 Å². The van der Waals surface area contributed by atoms with Gasteiger partial charge in [-0.05, 0) is 42.5 Å². The first-order chi connectivity index (χ1) is 9.54. The molecule has 0 aliphatic rings. The lowest BCUT2D eigenvalue weighted by Gasteiger charge is -2.07. The summed E-state index contributed by atoms with van der Waals surface area (Å²) in [5.74, 6) is -0.131. The minimum atomic E-state index is -0.131. The molecule has 4 heteroatoms. The third kappa shape index (κ3) is 4.29. The zero-order valence-corrected chi connectivity index (χ0v) is 13.0. The summed E-state index contributed by atoms with van der Waals surface area (Å²) in [7, 11) is 0. The summed E-state index contributed by atoms with van der Waals surface area (Å²) in [6.45, 7) is 4.29. The van der Waals surface area contributed by atoms with Gasteiger partial charge in [-0.1, -0.05) is 31.5 Å². The highest BCUT2D eigenvalue weighted by Crippen LogP contribution is 2.23. The molecule has 0 heterocycles. The van der Waals surface area contributed by atoms with Crippen molar-refractivity contribution in [2.24, 2.45) is 0 Å². The second kappa shape index (κ2) is 6.82. The third-order valence-electron chi connectivity index (χ3n) is 2.57. The van der Waals surface area contributed by atoms with Crippen molar-refractivity contribution in [3.8, 4) is 0 Å². The summed E-state index contributed by atoms with van der Waals surface area (Å²) in [6, 6.07) is 14.7. The Labute approximate surface area is 128 Å². The number of anilines is 1. The maximum atomic E-state index is 12.1. The van der Waals surface area contributed by atoms with Gasteiger partial charge in [0.05, 0.1) is 0 Å². The van der Waals surface area contributed by atoms with Crippen LogP contribution in [0.25, 0.3) is 0 Å². The van der Waals surface area contributed by atoms with E-state index in [1.807, 2.05) is 30.3 Å². The molecule has 2 aromatic rings. The van der Waals surface area contributed by atoms with E-state index in [1.54, 1.807) is 30.0 Å². The van der Waals surface area contributed by atoms with E-state index in [0.717, 1.165) is 0 Å². The van der Waals surface area contributed by atoms with Crippen molar-refractivity contribution in [1.82, 2.24) is 0 Å². The molecule has 1 amide bonds. The molecule has 2 nitrogen and oxygen atoms in total. The molecule has 0 fully saturated rings. The lowest BCUT2D eigenvalue weighted by molar-refractivity contribution is 0.102. The SMILES string of the molecule is CC(C)Sc1ccc(C(=O)Nc2cccc(Cl)c2)cc1. The van der Waals surface area contributed by atoms with Crippen molar-refractivity contribution in [1.29, 1.82) is 0 Å². The van der Waals surface area contributed by atoms with Crippen LogP contribution in [0.1, 0.15) is 24.2 Å². The first kappa shape index (κ1) is 14.9. The molecule has 2 aromatic carbocycles. The van der Waals surface area contributed by atoms with Crippen LogP contribution in [0, 0.1) is 0 Å². The van der Waals surface area contributed by atoms with Gasteiger partial charge in [0.1, 0.15) is 0 Å². The predicted octanol–water partition coefficient (Wildman–Crippen LogP) is 5.09. The van der Waals surface area contributed by atoms with Crippen LogP contribution in [-0.2, 0) is 0 Å². The molecule has 0 aromatic heterocycles. The number of thioether (sulfide) groups is 1. The van der Waals surface area contributed by atoms with E-state index in [4.69, 9.17) is 11.6 Å². The van der Waals surface area contributed by atoms with Gasteiger partial charge in [-0.15, -0.1) is 11.8 Å². The molecule has 0 unspecified atom stereocenters. The Morgan fingerprint density at radius 1 is 1.15 bits per heavy atom. The molecule has 20 heavy (non-hydrogen) atoms. The highest BCUT2D eigenvalue weighted by Gasteiger charge is 2.07. The van der Waals surface area contributed by atoms with Crippen LogP contribution in [0.2, 0.25) is 5.02 Å². The van der Waals surface area contributed by atoms with Crippen molar-refractivity contribution < 1.29 is 4.79 Å². The largest absolute Gasteiger partial charge is 0.322 e. The second-order valence-electron chi connectivity index (χ2n) is 4.66. The lowest BCUT2D eigenvalue weighted by atomic mass is 10.2. The topological polar surface area (TPSA) is 29.1 Å². The summed E-state index contributed by atoms with van der Waals surface area (Å²) in [5.41, 5.74) is 1.33. The van der Waals surface area contributed by atoms with Crippen LogP contribution in [-0.4, -0.2) is 11.2 Å². The molecule has 0 saturated heterocycles. The summed E-state index contributed by atoms with van der Waals surface area (Å²) >= 11 is 7.67. The number of amides is 1. The van der Waals surface area contributed by atoms with Gasteiger partial charge in [0, 0.05) is 26.4 Å². The quantitative estimate of drug-likeness (QED) is 0.797. The van der Waals surface area contributed by atoms with Crippen LogP contribution in [0.15, 0.2) is 53.4 Å². The van der Waals surface area contributed by atoms with Gasteiger partial charge < -0.3 is 5.32 Å². The fourth-order valence-corrected chi connectivity index (χ4v) is 2.75. The molecule has 0 aliphatic carbocycles. The molecule has 0 atom stereocenters. The Bertz CT molecular complexity index is 596. The average Bonchev–Trinajstić information content (AvgIpc) is 2.38. The molecular weight excluding hydrogens is 290 g/mol. The summed E-state index contributed by atoms with van der Waals surface area (Å²) < 4.78 is 0. The first-order valence-corrected chi connectivity index (χ1v) is 7.64. The number of nitrogens with one attached hydrogen (secondary N) is 1. The molecular formula is C16H16ClNOS. The number of hydrogen-bond acceptors (Lipinski definition) is 2. The fraction of sp³-hybridized carbons (Fsp3) is 0.188. The maximum absolute atomic E-state index is 12.1. The molecule has 104 valence electrons. The Morgan fingerprint density at radius 3 is 2.45 bits per heavy atom. The number of hydrogen-bond donors (Lipinski definition) is 1. The molecule has 0 aliphatic heterocycles. The molecule has 0 radical (unpaired) electrons. The van der Waals surface area contributed by atoms with E-state index >= 15 is 0 Å². The zero-order valence-electron chi connectivity index (χ0n) is 11.4. The van der Waals surface area contributed by atoms with Gasteiger partial charge in [-0.25, -0.2) is 0 Å². The highest BCUT2D eigenvalue weighted by molar-refractivity contribution is 7.99. The number of halogens is 1. The van der Waals surface area contributed by atoms with Crippen LogP contribution in [0.3, 0.4) is 0 Å². The smallest absolute Gasteiger partial charge is 0.255 e. The van der Waals surface area contributed by atoms with Gasteiger partial charge in [-0.3, -0.25) is 4.79 Å². The van der Waals surface area contributed by atoms with Gasteiger partial charge in [0.25, 0.3) is 5.91 Å². The van der Waals surface area contributed by atoms with Gasteiger partial charge in [-0.2, -0.15) is 0 Å². The molecule has 0 saturated carbocycles. The zero-order chi connectivity index (χ0) is 14.5. The van der Waals surface area contributed by atoms with Crippen molar-refractivity contribution in [3.63, 3.8) is 0 Å². The Hall–Kier alpha value is -1.45. The van der Waals surface area contributed by atoms with Crippen molar-refractivity contribution in [2.75, 3.05) is 5.32 Å². The maximum Gasteiger partial charge on any atom is 0.255 e. The molecule has 0 spiro atoms. The van der Waals surface area contributed by atoms with Crippen LogP contribution in [0.4, 0.5) is 5.69 Å². The number of rotatable bonds is 4. The van der Waals surface area contributed by atoms with Crippen molar-refractivity contribution in [3.05, 3.63) is 59.1 Å². The van der Waals surface area contributed by atoms with E-state index in [-0.39, 0.29) is 5.91 Å². The minimum Gasteiger partial charge on any atom is -0.322 e. The minimum absolute atomic E-state index is 0.131. The predicted molar refractivity (Wildman–Crippen MR) is 86.8 cm³/mol. The highest BCUT2D eigenvalue weighted by atomic mass is 35.5. The monoisotopic (exact) mass is 305 g/mol. The third-order valence-corrected chi connectivity index (χ3v) is 3.82. The van der Waals surface area contributed by atoms with Gasteiger partial charge >= 0.3 is 0 Å². The van der Waals surface area contributed by atoms with E-state index < -0.39 is 0 Å². The fourth-order valence-electron chi connectivity index (χ4n) is 1.73. The summed E-state index contributed by atoms with van der Waals surface area (Å²) in [6.07, 6.45) is 0. The van der Waals surface area contributed by atoms with E-state index in [9.17, 15) is 4.79 Å². The number of benzene rings is 2. The van der Waals surface area contributed by atoms with Crippen molar-refractivity contribution in [2.45, 2.75) is 24.0 Å². The lowest BCUT2D eigenvalue weighted by Crippen LogP contribution is -2.11. The van der Waals surface area contributed by atoms with Crippen LogP contribution >= 0.6 is 23.4 Å². The second-order valence-corrected chi connectivity index (χ2v) is 6.74. The normalized spacial score (nSPS) is 10.6. The molecule has 1 N–H and O–H groups in total. The number of carbonyl (C=O) groups excluding carboxylic acids is 1. The summed E-state index contributed by atoms with van der Waals surface area (Å²) in [5, 5.41) is 3.96. The van der Waals surface area contributed by atoms with E-state index in [2.05, 4.69) is 19.2 Å². The van der Waals surface area contributed by atoms with Gasteiger partial charge in [0.2, 0.25) is 0 Å². The van der Waals surface area contributed by atoms with Crippen LogP contribution in [0.5, 0.6) is 0 Å². The van der Waals surface area contributed by atoms with Crippen LogP contribution < -0.4 is 5.32 Å². The Kier molecular flexibility index (Phi) is 5.10. The Balaban J connectivity index is 2.06. The summed E-state index contributed by atoms with van der Waals surface area (Å²) in [4.78, 5) is 13.3. The van der Waals surface area contributed by atoms with E-state index in [0.29, 0.717) is 21.5 Å². The Morgan fingerprint density at radius 2 is 1.85 bits per heavy atom. The first-order valence-electron chi connectivity index (χ1n) is 6.38. The van der Waals surface area contributed by atoms with Crippen molar-refractivity contribution >= 4 is 35.0 Å².